The second kappa shape index (κ2) is 5.68. The molecule has 1 N–H and O–H groups in total. The minimum absolute atomic E-state index is 0.0807. The quantitative estimate of drug-likeness (QED) is 0.664. The molecule has 0 bridgehead atoms. The molecule has 0 aromatic rings. The highest BCUT2D eigenvalue weighted by molar-refractivity contribution is 5.85. The summed E-state index contributed by atoms with van der Waals surface area (Å²) in [5.74, 6) is 2.16. The van der Waals surface area contributed by atoms with Gasteiger partial charge in [0.15, 0.2) is 0 Å². The maximum absolute atomic E-state index is 13.4. The number of hydrogen-bond acceptors (Lipinski definition) is 3. The largest absolute Gasteiger partial charge is 0.393 e. The van der Waals surface area contributed by atoms with Crippen LogP contribution in [0.3, 0.4) is 0 Å². The molecule has 0 saturated heterocycles. The van der Waals surface area contributed by atoms with Gasteiger partial charge in [0.25, 0.3) is 0 Å². The summed E-state index contributed by atoms with van der Waals surface area (Å²) in [4.78, 5) is 13.4. The number of nitriles is 1. The molecule has 136 valence electrons. The number of rotatable bonds is 0. The van der Waals surface area contributed by atoms with Crippen LogP contribution in [0.5, 0.6) is 0 Å². The second-order valence-corrected chi connectivity index (χ2v) is 9.77. The van der Waals surface area contributed by atoms with Gasteiger partial charge in [-0.1, -0.05) is 19.4 Å². The van der Waals surface area contributed by atoms with E-state index in [-0.39, 0.29) is 22.9 Å². The lowest BCUT2D eigenvalue weighted by molar-refractivity contribution is -0.157. The summed E-state index contributed by atoms with van der Waals surface area (Å²) in [7, 11) is 0. The molecule has 0 radical (unpaired) electrons. The fourth-order valence-corrected chi connectivity index (χ4v) is 7.55. The van der Waals surface area contributed by atoms with Crippen LogP contribution >= 0.6 is 0 Å². The lowest BCUT2D eigenvalue weighted by Crippen LogP contribution is -2.57. The van der Waals surface area contributed by atoms with E-state index in [0.717, 1.165) is 50.5 Å². The van der Waals surface area contributed by atoms with Crippen molar-refractivity contribution in [2.75, 3.05) is 0 Å². The first-order valence-electron chi connectivity index (χ1n) is 10.1. The Morgan fingerprint density at radius 2 is 2.00 bits per heavy atom. The maximum atomic E-state index is 13.4. The van der Waals surface area contributed by atoms with Crippen LogP contribution < -0.4 is 0 Å². The van der Waals surface area contributed by atoms with Crippen LogP contribution in [0, 0.1) is 45.8 Å². The van der Waals surface area contributed by atoms with Crippen molar-refractivity contribution in [2.24, 2.45) is 34.5 Å². The van der Waals surface area contributed by atoms with Gasteiger partial charge in [-0.2, -0.15) is 5.26 Å². The number of carbonyl (C=O) groups excluding carboxylic acids is 1. The Kier molecular flexibility index (Phi) is 3.93. The van der Waals surface area contributed by atoms with Crippen molar-refractivity contribution in [3.8, 4) is 6.07 Å². The van der Waals surface area contributed by atoms with E-state index in [4.69, 9.17) is 0 Å². The third-order valence-electron chi connectivity index (χ3n) is 8.73. The highest BCUT2D eigenvalue weighted by Gasteiger charge is 2.62. The van der Waals surface area contributed by atoms with Gasteiger partial charge in [-0.3, -0.25) is 4.79 Å². The van der Waals surface area contributed by atoms with E-state index in [1.54, 1.807) is 0 Å². The van der Waals surface area contributed by atoms with Crippen LogP contribution in [0.1, 0.15) is 72.1 Å². The Labute approximate surface area is 151 Å². The van der Waals surface area contributed by atoms with Gasteiger partial charge < -0.3 is 5.11 Å². The molecule has 4 aliphatic rings. The predicted molar refractivity (Wildman–Crippen MR) is 96.4 cm³/mol. The van der Waals surface area contributed by atoms with Gasteiger partial charge in [0, 0.05) is 17.9 Å². The number of aliphatic hydroxyl groups is 1. The molecule has 3 heteroatoms. The van der Waals surface area contributed by atoms with E-state index in [9.17, 15) is 15.2 Å². The summed E-state index contributed by atoms with van der Waals surface area (Å²) in [6.45, 7) is 6.53. The minimum Gasteiger partial charge on any atom is -0.393 e. The second-order valence-electron chi connectivity index (χ2n) is 9.77. The molecule has 4 rings (SSSR count). The maximum Gasteiger partial charge on any atom is 0.137 e. The van der Waals surface area contributed by atoms with Gasteiger partial charge in [0.1, 0.15) is 5.78 Å². The summed E-state index contributed by atoms with van der Waals surface area (Å²) in [6.07, 6.45) is 7.61. The minimum atomic E-state index is -0.169. The lowest BCUT2D eigenvalue weighted by atomic mass is 9.44. The van der Waals surface area contributed by atoms with E-state index >= 15 is 0 Å². The van der Waals surface area contributed by atoms with Crippen molar-refractivity contribution in [2.45, 2.75) is 78.2 Å². The Bertz CT molecular complexity index is 674. The van der Waals surface area contributed by atoms with Crippen molar-refractivity contribution < 1.29 is 9.90 Å². The number of hydrogen-bond donors (Lipinski definition) is 1. The van der Waals surface area contributed by atoms with Crippen LogP contribution in [0.2, 0.25) is 0 Å². The van der Waals surface area contributed by atoms with Gasteiger partial charge in [-0.25, -0.2) is 0 Å². The number of allylic oxidation sites excluding steroid dienone is 2. The topological polar surface area (TPSA) is 61.1 Å². The highest BCUT2D eigenvalue weighted by atomic mass is 16.3. The van der Waals surface area contributed by atoms with Crippen molar-refractivity contribution in [3.63, 3.8) is 0 Å². The van der Waals surface area contributed by atoms with Crippen molar-refractivity contribution >= 4 is 5.78 Å². The van der Waals surface area contributed by atoms with E-state index < -0.39 is 0 Å². The molecule has 7 atom stereocenters. The number of Topliss-reactive ketones (excluding diaryl/α,β-unsaturated/α-hetero) is 1. The summed E-state index contributed by atoms with van der Waals surface area (Å²) < 4.78 is 0. The fourth-order valence-electron chi connectivity index (χ4n) is 7.55. The van der Waals surface area contributed by atoms with Crippen molar-refractivity contribution in [1.29, 1.82) is 5.26 Å². The van der Waals surface area contributed by atoms with E-state index in [0.29, 0.717) is 30.0 Å². The molecule has 0 unspecified atom stereocenters. The van der Waals surface area contributed by atoms with Gasteiger partial charge in [-0.15, -0.1) is 0 Å². The van der Waals surface area contributed by atoms with Gasteiger partial charge in [0.05, 0.1) is 12.2 Å². The lowest BCUT2D eigenvalue weighted by Gasteiger charge is -2.59. The molecule has 3 nitrogen and oxygen atoms in total. The molecule has 0 aliphatic heterocycles. The smallest absolute Gasteiger partial charge is 0.137 e. The van der Waals surface area contributed by atoms with Crippen LogP contribution in [0.4, 0.5) is 0 Å². The van der Waals surface area contributed by atoms with Gasteiger partial charge in [0.2, 0.25) is 0 Å². The van der Waals surface area contributed by atoms with E-state index in [1.165, 1.54) is 5.57 Å². The Morgan fingerprint density at radius 3 is 2.72 bits per heavy atom. The number of ketones is 1. The molecule has 0 heterocycles. The first-order chi connectivity index (χ1) is 11.8. The van der Waals surface area contributed by atoms with Crippen LogP contribution in [0.25, 0.3) is 0 Å². The number of carbonyl (C=O) groups is 1. The average Bonchev–Trinajstić information content (AvgIpc) is 2.91. The summed E-state index contributed by atoms with van der Waals surface area (Å²) in [6, 6.07) is 2.35. The van der Waals surface area contributed by atoms with Crippen molar-refractivity contribution in [1.82, 2.24) is 0 Å². The molecule has 0 amide bonds. The molecule has 0 aromatic heterocycles. The third kappa shape index (κ3) is 2.29. The first-order valence-corrected chi connectivity index (χ1v) is 10.1. The summed E-state index contributed by atoms with van der Waals surface area (Å²) in [5.41, 5.74) is 2.10. The fraction of sp³-hybridized carbons (Fsp3) is 0.818. The first kappa shape index (κ1) is 17.3. The van der Waals surface area contributed by atoms with Crippen molar-refractivity contribution in [3.05, 3.63) is 11.1 Å². The van der Waals surface area contributed by atoms with E-state index in [2.05, 4.69) is 19.9 Å². The summed E-state index contributed by atoms with van der Waals surface area (Å²) >= 11 is 0. The number of aliphatic hydroxyl groups excluding tert-OH is 1. The normalized spacial score (nSPS) is 51.2. The van der Waals surface area contributed by atoms with Gasteiger partial charge >= 0.3 is 0 Å². The monoisotopic (exact) mass is 341 g/mol. The Balaban J connectivity index is 1.72. The third-order valence-corrected chi connectivity index (χ3v) is 8.73. The van der Waals surface area contributed by atoms with Gasteiger partial charge in [-0.05, 0) is 80.5 Å². The molecule has 0 spiro atoms. The Morgan fingerprint density at radius 1 is 1.24 bits per heavy atom. The molecule has 4 aliphatic carbocycles. The zero-order valence-corrected chi connectivity index (χ0v) is 15.8. The molecule has 4 saturated carbocycles. The van der Waals surface area contributed by atoms with Crippen LogP contribution in [0.15, 0.2) is 11.1 Å². The zero-order chi connectivity index (χ0) is 18.0. The predicted octanol–water partition coefficient (Wildman–Crippen LogP) is 4.41. The van der Waals surface area contributed by atoms with Crippen LogP contribution in [-0.2, 0) is 4.79 Å². The number of fused-ring (bicyclic) bond motifs is 5. The molecular weight excluding hydrogens is 310 g/mol. The summed E-state index contributed by atoms with van der Waals surface area (Å²) in [5, 5.41) is 19.5. The Hall–Kier alpha value is -1.14. The zero-order valence-electron chi connectivity index (χ0n) is 15.8. The van der Waals surface area contributed by atoms with E-state index in [1.807, 2.05) is 6.92 Å². The number of nitrogens with zero attached hydrogens (tertiary/aromatic N) is 1. The molecular formula is C22H31NO2. The molecule has 0 aromatic carbocycles. The molecule has 4 fully saturated rings. The highest BCUT2D eigenvalue weighted by Crippen LogP contribution is 2.66. The standard InChI is InChI=1S/C22H31NO2/c1-13(12-23)17-6-7-18-16-5-4-14-10-15(24)8-9-21(14,2)20(16)19(25)11-22(17,18)3/h14-16,18,20,24H,4-11H2,1-3H3/b17-13+/t14-,15+,16-,18-,20+,21-,22+/m0/s1. The molecule has 25 heavy (non-hydrogen) atoms. The SMILES string of the molecule is C/C(C#N)=C1/CC[C@H]2[C@@H]3CC[C@H]4C[C@H](O)CC[C@]4(C)[C@H]3C(=O)C[C@]12C. The van der Waals surface area contributed by atoms with Crippen LogP contribution in [-0.4, -0.2) is 17.0 Å². The average molecular weight is 341 g/mol.